The Hall–Kier alpha value is -2.58. The molecule has 29 heavy (non-hydrogen) atoms. The quantitative estimate of drug-likeness (QED) is 0.678. The fourth-order valence-corrected chi connectivity index (χ4v) is 3.95. The molecule has 1 aromatic carbocycles. The predicted octanol–water partition coefficient (Wildman–Crippen LogP) is 1.66. The van der Waals surface area contributed by atoms with Gasteiger partial charge in [0.15, 0.2) is 0 Å². The lowest BCUT2D eigenvalue weighted by molar-refractivity contribution is -0.137. The number of halogens is 1. The molecule has 3 rings (SSSR count). The predicted molar refractivity (Wildman–Crippen MR) is 108 cm³/mol. The monoisotopic (exact) mass is 420 g/mol. The standard InChI is InChI=1S/C20H25ClN4O4/c1-23-18-14(19(27)24(2)20(23)28)11-16(25(18)9-6-10-29-3)17(26)22-12-13-7-4-5-8-15(13)21/h4-5,7-8,11,14,18H,6,9-10,12H2,1-3H3,(H,22,26). The Bertz CT molecular complexity index is 844. The van der Waals surface area contributed by atoms with E-state index < -0.39 is 12.1 Å². The highest BCUT2D eigenvalue weighted by atomic mass is 35.5. The van der Waals surface area contributed by atoms with Gasteiger partial charge >= 0.3 is 6.03 Å². The Balaban J connectivity index is 1.82. The van der Waals surface area contributed by atoms with E-state index in [9.17, 15) is 14.4 Å². The molecule has 156 valence electrons. The molecule has 4 amide bonds. The van der Waals surface area contributed by atoms with Crippen LogP contribution in [0.1, 0.15) is 12.0 Å². The Morgan fingerprint density at radius 2 is 1.97 bits per heavy atom. The summed E-state index contributed by atoms with van der Waals surface area (Å²) < 4.78 is 5.12. The van der Waals surface area contributed by atoms with Crippen molar-refractivity contribution in [3.8, 4) is 0 Å². The number of carbonyl (C=O) groups excluding carboxylic acids is 3. The van der Waals surface area contributed by atoms with E-state index in [4.69, 9.17) is 16.3 Å². The van der Waals surface area contributed by atoms with Crippen LogP contribution < -0.4 is 5.32 Å². The fourth-order valence-electron chi connectivity index (χ4n) is 3.75. The van der Waals surface area contributed by atoms with Gasteiger partial charge in [0.25, 0.3) is 5.91 Å². The van der Waals surface area contributed by atoms with Crippen molar-refractivity contribution < 1.29 is 19.1 Å². The van der Waals surface area contributed by atoms with Gasteiger partial charge in [0, 0.05) is 45.9 Å². The van der Waals surface area contributed by atoms with Crippen LogP contribution in [0.15, 0.2) is 36.0 Å². The summed E-state index contributed by atoms with van der Waals surface area (Å²) in [6.07, 6.45) is 1.78. The number of imide groups is 1. The van der Waals surface area contributed by atoms with Gasteiger partial charge in [-0.05, 0) is 24.1 Å². The SMILES string of the molecule is COCCCN1C(C(=O)NCc2ccccc2Cl)=CC2C(=O)N(C)C(=O)N(C)C21. The maximum Gasteiger partial charge on any atom is 0.327 e. The van der Waals surface area contributed by atoms with Crippen LogP contribution in [0.25, 0.3) is 0 Å². The van der Waals surface area contributed by atoms with E-state index in [1.807, 2.05) is 23.1 Å². The zero-order valence-electron chi connectivity index (χ0n) is 16.7. The summed E-state index contributed by atoms with van der Waals surface area (Å²) in [4.78, 5) is 42.5. The molecule has 0 saturated carbocycles. The molecule has 0 aromatic heterocycles. The van der Waals surface area contributed by atoms with Gasteiger partial charge in [-0.1, -0.05) is 29.8 Å². The van der Waals surface area contributed by atoms with E-state index >= 15 is 0 Å². The maximum atomic E-state index is 13.0. The van der Waals surface area contributed by atoms with E-state index in [1.165, 1.54) is 11.9 Å². The first-order valence-electron chi connectivity index (χ1n) is 9.40. The average molecular weight is 421 g/mol. The minimum Gasteiger partial charge on any atom is -0.385 e. The second-order valence-electron chi connectivity index (χ2n) is 7.10. The van der Waals surface area contributed by atoms with Crippen LogP contribution in [0, 0.1) is 5.92 Å². The molecule has 1 saturated heterocycles. The number of fused-ring (bicyclic) bond motifs is 1. The highest BCUT2D eigenvalue weighted by molar-refractivity contribution is 6.31. The highest BCUT2D eigenvalue weighted by Crippen LogP contribution is 2.34. The molecule has 0 radical (unpaired) electrons. The van der Waals surface area contributed by atoms with Crippen molar-refractivity contribution in [3.05, 3.63) is 46.6 Å². The molecule has 2 heterocycles. The Morgan fingerprint density at radius 1 is 1.24 bits per heavy atom. The van der Waals surface area contributed by atoms with Crippen LogP contribution in [-0.2, 0) is 20.9 Å². The number of nitrogens with zero attached hydrogens (tertiary/aromatic N) is 3. The molecular weight excluding hydrogens is 396 g/mol. The third-order valence-corrected chi connectivity index (χ3v) is 5.63. The van der Waals surface area contributed by atoms with E-state index in [-0.39, 0.29) is 24.4 Å². The lowest BCUT2D eigenvalue weighted by Crippen LogP contribution is -2.62. The largest absolute Gasteiger partial charge is 0.385 e. The minimum atomic E-state index is -0.591. The number of nitrogens with one attached hydrogen (secondary N) is 1. The first-order valence-corrected chi connectivity index (χ1v) is 9.78. The summed E-state index contributed by atoms with van der Waals surface area (Å²) in [5.41, 5.74) is 1.18. The topological polar surface area (TPSA) is 82.2 Å². The fraction of sp³-hybridized carbons (Fsp3) is 0.450. The summed E-state index contributed by atoms with van der Waals surface area (Å²) in [5.74, 6) is -1.22. The molecule has 8 nitrogen and oxygen atoms in total. The summed E-state index contributed by atoms with van der Waals surface area (Å²) in [7, 11) is 4.70. The number of hydrogen-bond acceptors (Lipinski definition) is 5. The van der Waals surface area contributed by atoms with Crippen LogP contribution in [0.5, 0.6) is 0 Å². The molecule has 2 unspecified atom stereocenters. The van der Waals surface area contributed by atoms with Gasteiger partial charge in [-0.3, -0.25) is 14.5 Å². The third-order valence-electron chi connectivity index (χ3n) is 5.27. The van der Waals surface area contributed by atoms with Crippen LogP contribution in [0.2, 0.25) is 5.02 Å². The van der Waals surface area contributed by atoms with Gasteiger partial charge < -0.3 is 19.9 Å². The van der Waals surface area contributed by atoms with Crippen LogP contribution in [-0.4, -0.2) is 73.1 Å². The van der Waals surface area contributed by atoms with Gasteiger partial charge in [-0.15, -0.1) is 0 Å². The molecule has 2 aliphatic heterocycles. The number of ether oxygens (including phenoxy) is 1. The normalized spacial score (nSPS) is 21.4. The molecule has 1 N–H and O–H groups in total. The van der Waals surface area contributed by atoms with Gasteiger partial charge in [0.1, 0.15) is 11.9 Å². The van der Waals surface area contributed by atoms with Gasteiger partial charge in [-0.2, -0.15) is 0 Å². The molecular formula is C20H25ClN4O4. The maximum absolute atomic E-state index is 13.0. The Morgan fingerprint density at radius 3 is 2.66 bits per heavy atom. The van der Waals surface area contributed by atoms with Gasteiger partial charge in [-0.25, -0.2) is 4.79 Å². The molecule has 1 fully saturated rings. The number of carbonyl (C=O) groups is 3. The molecule has 1 aromatic rings. The van der Waals surface area contributed by atoms with Crippen LogP contribution >= 0.6 is 11.6 Å². The van der Waals surface area contributed by atoms with Crippen molar-refractivity contribution in [1.29, 1.82) is 0 Å². The first-order chi connectivity index (χ1) is 13.9. The molecule has 0 spiro atoms. The molecule has 0 aliphatic carbocycles. The van der Waals surface area contributed by atoms with Crippen molar-refractivity contribution in [1.82, 2.24) is 20.0 Å². The zero-order valence-corrected chi connectivity index (χ0v) is 17.5. The van der Waals surface area contributed by atoms with E-state index in [2.05, 4.69) is 5.32 Å². The number of benzene rings is 1. The molecule has 2 atom stereocenters. The second-order valence-corrected chi connectivity index (χ2v) is 7.50. The number of amides is 4. The van der Waals surface area contributed by atoms with Crippen molar-refractivity contribution in [3.63, 3.8) is 0 Å². The van der Waals surface area contributed by atoms with E-state index in [1.54, 1.807) is 26.3 Å². The number of methoxy groups -OCH3 is 1. The van der Waals surface area contributed by atoms with E-state index in [0.717, 1.165) is 10.5 Å². The van der Waals surface area contributed by atoms with Crippen molar-refractivity contribution in [2.24, 2.45) is 5.92 Å². The first kappa shape index (κ1) is 21.1. The highest BCUT2D eigenvalue weighted by Gasteiger charge is 2.50. The van der Waals surface area contributed by atoms with E-state index in [0.29, 0.717) is 30.3 Å². The summed E-state index contributed by atoms with van der Waals surface area (Å²) in [6, 6.07) is 6.89. The number of urea groups is 1. The Labute approximate surface area is 175 Å². The lowest BCUT2D eigenvalue weighted by atomic mass is 10.0. The summed E-state index contributed by atoms with van der Waals surface area (Å²) in [6.45, 7) is 1.25. The summed E-state index contributed by atoms with van der Waals surface area (Å²) in [5, 5.41) is 3.44. The minimum absolute atomic E-state index is 0.264. The number of hydrogen-bond donors (Lipinski definition) is 1. The number of rotatable bonds is 7. The van der Waals surface area contributed by atoms with Crippen LogP contribution in [0.3, 0.4) is 0 Å². The van der Waals surface area contributed by atoms with Crippen molar-refractivity contribution >= 4 is 29.4 Å². The smallest absolute Gasteiger partial charge is 0.327 e. The molecule has 2 aliphatic rings. The second kappa shape index (κ2) is 8.84. The average Bonchev–Trinajstić information content (AvgIpc) is 3.10. The Kier molecular flexibility index (Phi) is 6.44. The molecule has 0 bridgehead atoms. The third kappa shape index (κ3) is 4.09. The molecule has 9 heteroatoms. The zero-order chi connectivity index (χ0) is 21.1. The van der Waals surface area contributed by atoms with Crippen LogP contribution in [0.4, 0.5) is 4.79 Å². The van der Waals surface area contributed by atoms with Crippen molar-refractivity contribution in [2.45, 2.75) is 19.1 Å². The lowest BCUT2D eigenvalue weighted by Gasteiger charge is -2.43. The van der Waals surface area contributed by atoms with Crippen molar-refractivity contribution in [2.75, 3.05) is 34.4 Å². The van der Waals surface area contributed by atoms with Gasteiger partial charge in [0.05, 0.1) is 5.92 Å². The summed E-state index contributed by atoms with van der Waals surface area (Å²) >= 11 is 6.17. The van der Waals surface area contributed by atoms with Gasteiger partial charge in [0.2, 0.25) is 5.91 Å².